The predicted octanol–water partition coefficient (Wildman–Crippen LogP) is 3.69. The van der Waals surface area contributed by atoms with Crippen LogP contribution in [0.15, 0.2) is 36.7 Å². The summed E-state index contributed by atoms with van der Waals surface area (Å²) in [6.45, 7) is 4.34. The third kappa shape index (κ3) is 4.21. The van der Waals surface area contributed by atoms with Gasteiger partial charge in [-0.1, -0.05) is 35.3 Å². The van der Waals surface area contributed by atoms with Gasteiger partial charge in [0.25, 0.3) is 0 Å². The summed E-state index contributed by atoms with van der Waals surface area (Å²) in [5.41, 5.74) is 3.21. The molecule has 2 aromatic heterocycles. The lowest BCUT2D eigenvalue weighted by Crippen LogP contribution is -2.20. The van der Waals surface area contributed by atoms with E-state index in [0.29, 0.717) is 28.0 Å². The Labute approximate surface area is 155 Å². The Kier molecular flexibility index (Phi) is 5.11. The molecule has 130 valence electrons. The highest BCUT2D eigenvalue weighted by molar-refractivity contribution is 6.31. The number of anilines is 1. The first-order valence-corrected chi connectivity index (χ1v) is 8.44. The number of benzene rings is 1. The topological polar surface area (TPSA) is 64.7 Å². The quantitative estimate of drug-likeness (QED) is 0.737. The van der Waals surface area contributed by atoms with Crippen molar-refractivity contribution in [3.8, 4) is 0 Å². The second kappa shape index (κ2) is 7.29. The van der Waals surface area contributed by atoms with Gasteiger partial charge in [-0.05, 0) is 31.5 Å². The molecule has 0 saturated carbocycles. The van der Waals surface area contributed by atoms with E-state index in [4.69, 9.17) is 23.2 Å². The number of amides is 1. The first-order valence-electron chi connectivity index (χ1n) is 7.68. The lowest BCUT2D eigenvalue weighted by molar-refractivity contribution is -0.116. The number of hydrogen-bond donors (Lipinski definition) is 1. The van der Waals surface area contributed by atoms with Crippen LogP contribution in [0.5, 0.6) is 0 Å². The highest BCUT2D eigenvalue weighted by Gasteiger charge is 2.12. The highest BCUT2D eigenvalue weighted by atomic mass is 35.5. The van der Waals surface area contributed by atoms with Gasteiger partial charge in [0.1, 0.15) is 6.54 Å². The van der Waals surface area contributed by atoms with Crippen molar-refractivity contribution < 1.29 is 4.79 Å². The molecule has 8 heteroatoms. The smallest absolute Gasteiger partial charge is 0.246 e. The van der Waals surface area contributed by atoms with Crippen LogP contribution in [0.2, 0.25) is 10.0 Å². The van der Waals surface area contributed by atoms with Crippen LogP contribution < -0.4 is 5.32 Å². The Morgan fingerprint density at radius 2 is 2.08 bits per heavy atom. The average Bonchev–Trinajstić information content (AvgIpc) is 3.06. The Morgan fingerprint density at radius 3 is 2.72 bits per heavy atom. The number of halogens is 2. The maximum absolute atomic E-state index is 12.3. The lowest BCUT2D eigenvalue weighted by atomic mass is 10.2. The molecule has 0 bridgehead atoms. The molecule has 0 aliphatic heterocycles. The Hall–Kier alpha value is -2.31. The minimum absolute atomic E-state index is 0.110. The summed E-state index contributed by atoms with van der Waals surface area (Å²) in [7, 11) is 0. The zero-order valence-electron chi connectivity index (χ0n) is 13.8. The van der Waals surface area contributed by atoms with Crippen molar-refractivity contribution in [3.05, 3.63) is 63.7 Å². The third-order valence-electron chi connectivity index (χ3n) is 3.74. The Bertz CT molecular complexity index is 916. The average molecular weight is 378 g/mol. The molecular formula is C17H17Cl2N5O. The molecule has 3 aromatic rings. The Balaban J connectivity index is 1.67. The molecule has 25 heavy (non-hydrogen) atoms. The van der Waals surface area contributed by atoms with Gasteiger partial charge in [-0.25, -0.2) is 0 Å². The van der Waals surface area contributed by atoms with E-state index in [1.807, 2.05) is 38.1 Å². The highest BCUT2D eigenvalue weighted by Crippen LogP contribution is 2.19. The van der Waals surface area contributed by atoms with Gasteiger partial charge in [0.2, 0.25) is 5.91 Å². The number of nitrogens with zero attached hydrogens (tertiary/aromatic N) is 4. The van der Waals surface area contributed by atoms with Gasteiger partial charge in [0.15, 0.2) is 0 Å². The van der Waals surface area contributed by atoms with Crippen molar-refractivity contribution in [1.29, 1.82) is 0 Å². The fraction of sp³-hybridized carbons (Fsp3) is 0.235. The first kappa shape index (κ1) is 17.5. The van der Waals surface area contributed by atoms with Gasteiger partial charge < -0.3 is 5.32 Å². The number of carbonyl (C=O) groups excluding carboxylic acids is 1. The van der Waals surface area contributed by atoms with Crippen LogP contribution in [0.3, 0.4) is 0 Å². The summed E-state index contributed by atoms with van der Waals surface area (Å²) in [5.74, 6) is -0.165. The number of rotatable bonds is 5. The van der Waals surface area contributed by atoms with Crippen LogP contribution >= 0.6 is 23.2 Å². The molecule has 0 spiro atoms. The van der Waals surface area contributed by atoms with Crippen molar-refractivity contribution in [2.75, 3.05) is 5.32 Å². The second-order valence-corrected chi connectivity index (χ2v) is 6.56. The van der Waals surface area contributed by atoms with Gasteiger partial charge in [-0.3, -0.25) is 14.2 Å². The largest absolute Gasteiger partial charge is 0.324 e. The van der Waals surface area contributed by atoms with Gasteiger partial charge >= 0.3 is 0 Å². The number of aryl methyl sites for hydroxylation is 1. The second-order valence-electron chi connectivity index (χ2n) is 5.75. The van der Waals surface area contributed by atoms with E-state index < -0.39 is 0 Å². The van der Waals surface area contributed by atoms with Crippen LogP contribution in [-0.2, 0) is 17.9 Å². The van der Waals surface area contributed by atoms with E-state index >= 15 is 0 Å². The van der Waals surface area contributed by atoms with Crippen molar-refractivity contribution in [1.82, 2.24) is 19.6 Å². The maximum atomic E-state index is 12.3. The predicted molar refractivity (Wildman–Crippen MR) is 98.1 cm³/mol. The molecule has 0 atom stereocenters. The molecule has 0 aliphatic rings. The first-order chi connectivity index (χ1) is 11.9. The molecule has 1 amide bonds. The zero-order valence-corrected chi connectivity index (χ0v) is 15.3. The summed E-state index contributed by atoms with van der Waals surface area (Å²) in [6, 6.07) is 7.59. The van der Waals surface area contributed by atoms with Crippen molar-refractivity contribution >= 4 is 34.8 Å². The molecule has 0 saturated heterocycles. The molecule has 1 N–H and O–H groups in total. The van der Waals surface area contributed by atoms with E-state index in [2.05, 4.69) is 15.5 Å². The molecular weight excluding hydrogens is 361 g/mol. The zero-order chi connectivity index (χ0) is 18.0. The van der Waals surface area contributed by atoms with E-state index in [-0.39, 0.29) is 12.5 Å². The SMILES string of the molecule is Cc1nn(CC(=O)Nc2cccc(Cn3cc(Cl)cn3)c2)c(C)c1Cl. The molecule has 0 aliphatic carbocycles. The van der Waals surface area contributed by atoms with Gasteiger partial charge in [0, 0.05) is 11.9 Å². The number of nitrogens with one attached hydrogen (secondary N) is 1. The minimum Gasteiger partial charge on any atom is -0.324 e. The number of aromatic nitrogens is 4. The summed E-state index contributed by atoms with van der Waals surface area (Å²) >= 11 is 12.0. The van der Waals surface area contributed by atoms with E-state index in [9.17, 15) is 4.79 Å². The van der Waals surface area contributed by atoms with Gasteiger partial charge in [-0.2, -0.15) is 10.2 Å². The molecule has 6 nitrogen and oxygen atoms in total. The maximum Gasteiger partial charge on any atom is 0.246 e. The summed E-state index contributed by atoms with van der Waals surface area (Å²) in [6.07, 6.45) is 3.34. The molecule has 3 rings (SSSR count). The molecule has 0 fully saturated rings. The molecule has 2 heterocycles. The monoisotopic (exact) mass is 377 g/mol. The van der Waals surface area contributed by atoms with Gasteiger partial charge in [0.05, 0.1) is 34.2 Å². The van der Waals surface area contributed by atoms with E-state index in [1.54, 1.807) is 21.8 Å². The van der Waals surface area contributed by atoms with Crippen molar-refractivity contribution in [3.63, 3.8) is 0 Å². The standard InChI is InChI=1S/C17H17Cl2N5O/c1-11-17(19)12(2)24(22-11)10-16(25)21-15-5-3-4-13(6-15)8-23-9-14(18)7-20-23/h3-7,9H,8,10H2,1-2H3,(H,21,25). The van der Waals surface area contributed by atoms with E-state index in [0.717, 1.165) is 11.3 Å². The van der Waals surface area contributed by atoms with Crippen LogP contribution in [0.25, 0.3) is 0 Å². The summed E-state index contributed by atoms with van der Waals surface area (Å²) < 4.78 is 3.34. The Morgan fingerprint density at radius 1 is 1.28 bits per heavy atom. The minimum atomic E-state index is -0.165. The summed E-state index contributed by atoms with van der Waals surface area (Å²) in [5, 5.41) is 12.5. The molecule has 0 radical (unpaired) electrons. The number of hydrogen-bond acceptors (Lipinski definition) is 3. The van der Waals surface area contributed by atoms with E-state index in [1.165, 1.54) is 0 Å². The number of carbonyl (C=O) groups is 1. The van der Waals surface area contributed by atoms with Crippen molar-refractivity contribution in [2.45, 2.75) is 26.9 Å². The molecule has 0 unspecified atom stereocenters. The van der Waals surface area contributed by atoms with Crippen LogP contribution in [0, 0.1) is 13.8 Å². The van der Waals surface area contributed by atoms with Crippen molar-refractivity contribution in [2.24, 2.45) is 0 Å². The van der Waals surface area contributed by atoms with Crippen LogP contribution in [0.1, 0.15) is 17.0 Å². The van der Waals surface area contributed by atoms with Crippen LogP contribution in [0.4, 0.5) is 5.69 Å². The lowest BCUT2D eigenvalue weighted by Gasteiger charge is -2.09. The molecule has 1 aromatic carbocycles. The fourth-order valence-electron chi connectivity index (χ4n) is 2.52. The van der Waals surface area contributed by atoms with Crippen LogP contribution in [-0.4, -0.2) is 25.5 Å². The third-order valence-corrected chi connectivity index (χ3v) is 4.49. The van der Waals surface area contributed by atoms with Gasteiger partial charge in [-0.15, -0.1) is 0 Å². The summed E-state index contributed by atoms with van der Waals surface area (Å²) in [4.78, 5) is 12.3. The fourth-order valence-corrected chi connectivity index (χ4v) is 2.82. The normalized spacial score (nSPS) is 10.9.